The minimum absolute atomic E-state index is 0.0687. The number of hydrogen-bond donors (Lipinski definition) is 6. The largest absolute Gasteiger partial charge is 0.387 e. The zero-order chi connectivity index (χ0) is 32.4. The van der Waals surface area contributed by atoms with E-state index in [4.69, 9.17) is 39.5 Å². The quantitative estimate of drug-likeness (QED) is 0.130. The molecule has 3 aliphatic heterocycles. The van der Waals surface area contributed by atoms with Crippen molar-refractivity contribution in [3.63, 3.8) is 0 Å². The number of imidazole rings is 2. The van der Waals surface area contributed by atoms with E-state index in [0.717, 1.165) is 0 Å². The van der Waals surface area contributed by atoms with Crippen LogP contribution in [0.3, 0.4) is 0 Å². The Hall–Kier alpha value is -3.24. The standard InChI is InChI=1S/C22H28N10O12P2/c23-17-11-19(27-3-25-17)31(5-29-11)21-15-13(33)9(43-21)1-41-45(35,36)7-39-16-14(34)10(2-42-46(37,38)8-40-15)44-22(16)32-6-30-12-18(24)26-4-28-20(12)32/h3-6,9-10,13-16,21-22,33-34H,1-2,7-8H2,(H,35,36)(H,37,38)(H2,23,25,27)(H2,24,26,28)/t9-,10+,13-,14-,15+,16+,21+,22+/m0/s1. The molecule has 8 N–H and O–H groups in total. The summed E-state index contributed by atoms with van der Waals surface area (Å²) in [7, 11) is -9.14. The second-order valence-corrected chi connectivity index (χ2v) is 14.2. The number of nitrogen functional groups attached to an aromatic ring is 2. The van der Waals surface area contributed by atoms with Crippen LogP contribution in [0.2, 0.25) is 0 Å². The van der Waals surface area contributed by atoms with Crippen molar-refractivity contribution in [2.45, 2.75) is 49.1 Å². The molecule has 3 saturated heterocycles. The van der Waals surface area contributed by atoms with Gasteiger partial charge in [0, 0.05) is 0 Å². The Morgan fingerprint density at radius 3 is 1.52 bits per heavy atom. The van der Waals surface area contributed by atoms with Gasteiger partial charge in [-0.1, -0.05) is 0 Å². The molecular formula is C22H28N10O12P2. The molecule has 10 atom stereocenters. The molecule has 0 amide bonds. The number of fused-ring (bicyclic) bond motifs is 6. The van der Waals surface area contributed by atoms with Crippen LogP contribution in [0.4, 0.5) is 11.6 Å². The van der Waals surface area contributed by atoms with Crippen LogP contribution in [0, 0.1) is 0 Å². The van der Waals surface area contributed by atoms with E-state index in [1.165, 1.54) is 34.4 Å². The first-order valence-corrected chi connectivity index (χ1v) is 17.1. The first-order valence-electron chi connectivity index (χ1n) is 13.6. The van der Waals surface area contributed by atoms with Crippen molar-refractivity contribution in [3.8, 4) is 0 Å². The molecule has 0 aromatic carbocycles. The van der Waals surface area contributed by atoms with E-state index in [-0.39, 0.29) is 34.0 Å². The van der Waals surface area contributed by atoms with Crippen LogP contribution >= 0.6 is 15.2 Å². The number of nitrogens with two attached hydrogens (primary N) is 2. The number of hydrogen-bond acceptors (Lipinski definition) is 18. The van der Waals surface area contributed by atoms with Crippen molar-refractivity contribution in [2.24, 2.45) is 0 Å². The third-order valence-corrected chi connectivity index (χ3v) is 9.75. The van der Waals surface area contributed by atoms with Crippen LogP contribution in [0.25, 0.3) is 22.3 Å². The molecule has 4 aromatic heterocycles. The lowest BCUT2D eigenvalue weighted by Gasteiger charge is -2.24. The Balaban J connectivity index is 1.18. The van der Waals surface area contributed by atoms with E-state index in [1.807, 2.05) is 0 Å². The molecule has 0 aliphatic carbocycles. The van der Waals surface area contributed by atoms with Gasteiger partial charge in [0.2, 0.25) is 0 Å². The van der Waals surface area contributed by atoms with Gasteiger partial charge in [-0.3, -0.25) is 18.3 Å². The molecule has 24 heteroatoms. The van der Waals surface area contributed by atoms with Gasteiger partial charge < -0.3 is 59.5 Å². The monoisotopic (exact) mass is 686 g/mol. The highest BCUT2D eigenvalue weighted by molar-refractivity contribution is 7.52. The Morgan fingerprint density at radius 2 is 1.11 bits per heavy atom. The van der Waals surface area contributed by atoms with Crippen LogP contribution in [0.15, 0.2) is 25.3 Å². The summed E-state index contributed by atoms with van der Waals surface area (Å²) in [5.74, 6) is 0.137. The molecule has 0 radical (unpaired) electrons. The Bertz CT molecular complexity index is 1730. The van der Waals surface area contributed by atoms with Crippen molar-refractivity contribution in [1.82, 2.24) is 39.0 Å². The molecule has 2 unspecified atom stereocenters. The maximum absolute atomic E-state index is 13.1. The topological polar surface area (TPSA) is 310 Å². The van der Waals surface area contributed by atoms with Crippen LogP contribution in [-0.4, -0.2) is 122 Å². The van der Waals surface area contributed by atoms with E-state index >= 15 is 0 Å². The molecule has 22 nitrogen and oxygen atoms in total. The number of rotatable bonds is 2. The Kier molecular flexibility index (Phi) is 8.03. The average molecular weight is 686 g/mol. The van der Waals surface area contributed by atoms with E-state index in [0.29, 0.717) is 0 Å². The van der Waals surface area contributed by atoms with Gasteiger partial charge in [0.1, 0.15) is 73.0 Å². The summed E-state index contributed by atoms with van der Waals surface area (Å²) in [4.78, 5) is 45.7. The molecule has 7 rings (SSSR count). The van der Waals surface area contributed by atoms with Gasteiger partial charge in [0.25, 0.3) is 0 Å². The second kappa shape index (κ2) is 11.8. The van der Waals surface area contributed by atoms with Crippen LogP contribution in [0.1, 0.15) is 12.5 Å². The van der Waals surface area contributed by atoms with Gasteiger partial charge in [-0.25, -0.2) is 29.9 Å². The summed E-state index contributed by atoms with van der Waals surface area (Å²) >= 11 is 0. The summed E-state index contributed by atoms with van der Waals surface area (Å²) in [6, 6.07) is 0. The van der Waals surface area contributed by atoms with Crippen LogP contribution in [0.5, 0.6) is 0 Å². The number of nitrogens with zero attached hydrogens (tertiary/aromatic N) is 8. The van der Waals surface area contributed by atoms with Crippen molar-refractivity contribution < 1.29 is 57.1 Å². The summed E-state index contributed by atoms with van der Waals surface area (Å²) in [5, 5.41) is 22.2. The number of aromatic nitrogens is 8. The van der Waals surface area contributed by atoms with E-state index < -0.39 is 90.2 Å². The van der Waals surface area contributed by atoms with Crippen molar-refractivity contribution >= 4 is 49.2 Å². The van der Waals surface area contributed by atoms with Gasteiger partial charge in [0.05, 0.1) is 25.9 Å². The first kappa shape index (κ1) is 31.4. The molecule has 3 aliphatic rings. The molecule has 4 aromatic rings. The fourth-order valence-corrected chi connectivity index (χ4v) is 7.08. The third-order valence-electron chi connectivity index (χ3n) is 7.69. The average Bonchev–Trinajstić information content (AvgIpc) is 3.77. The normalized spacial score (nSPS) is 37.7. The zero-order valence-corrected chi connectivity index (χ0v) is 25.2. The van der Waals surface area contributed by atoms with Gasteiger partial charge in [-0.05, 0) is 0 Å². The number of ether oxygens (including phenoxy) is 4. The minimum atomic E-state index is -4.57. The van der Waals surface area contributed by atoms with Crippen molar-refractivity contribution in [3.05, 3.63) is 25.3 Å². The fraction of sp³-hybridized carbons (Fsp3) is 0.545. The summed E-state index contributed by atoms with van der Waals surface area (Å²) in [5.41, 5.74) is 12.6. The molecular weight excluding hydrogens is 658 g/mol. The maximum Gasteiger partial charge on any atom is 0.353 e. The lowest BCUT2D eigenvalue weighted by atomic mass is 10.1. The van der Waals surface area contributed by atoms with E-state index in [1.54, 1.807) is 0 Å². The number of aliphatic hydroxyl groups excluding tert-OH is 2. The highest BCUT2D eigenvalue weighted by atomic mass is 31.2. The van der Waals surface area contributed by atoms with Crippen molar-refractivity contribution in [1.29, 1.82) is 0 Å². The number of aliphatic hydroxyl groups is 2. The highest BCUT2D eigenvalue weighted by Crippen LogP contribution is 2.48. The maximum atomic E-state index is 13.1. The summed E-state index contributed by atoms with van der Waals surface area (Å²) in [6.07, 6.45) is -7.65. The molecule has 3 fully saturated rings. The second-order valence-electron chi connectivity index (χ2n) is 10.7. The van der Waals surface area contributed by atoms with Gasteiger partial charge in [-0.2, -0.15) is 0 Å². The third kappa shape index (κ3) is 5.65. The first-order chi connectivity index (χ1) is 21.9. The number of anilines is 2. The van der Waals surface area contributed by atoms with Gasteiger partial charge in [0.15, 0.2) is 35.4 Å². The molecule has 0 spiro atoms. The van der Waals surface area contributed by atoms with E-state index in [9.17, 15) is 29.1 Å². The van der Waals surface area contributed by atoms with Crippen molar-refractivity contribution in [2.75, 3.05) is 37.4 Å². The molecule has 7 heterocycles. The van der Waals surface area contributed by atoms with Gasteiger partial charge in [-0.15, -0.1) is 0 Å². The summed E-state index contributed by atoms with van der Waals surface area (Å²) < 4.78 is 62.7. The lowest BCUT2D eigenvalue weighted by Crippen LogP contribution is -2.37. The SMILES string of the molecule is Nc1ncnc2c1ncn2[C@@H]1O[C@H]2COP(=O)(O)CO[C@@H]3[C@@H](O)[C@@H](COP(=O)(O)CO[C@@H]1[C@H]2O)O[C@H]3n1cnc2c(N)ncnc21. The smallest absolute Gasteiger partial charge is 0.353 e. The fourth-order valence-electron chi connectivity index (χ4n) is 5.45. The predicted octanol–water partition coefficient (Wildman–Crippen LogP) is -1.55. The lowest BCUT2D eigenvalue weighted by molar-refractivity contribution is -0.0711. The van der Waals surface area contributed by atoms with E-state index in [2.05, 4.69) is 29.9 Å². The molecule has 248 valence electrons. The van der Waals surface area contributed by atoms with Crippen LogP contribution < -0.4 is 11.5 Å². The van der Waals surface area contributed by atoms with Crippen LogP contribution in [-0.2, 0) is 37.1 Å². The summed E-state index contributed by atoms with van der Waals surface area (Å²) in [6.45, 7) is -1.27. The van der Waals surface area contributed by atoms with Gasteiger partial charge >= 0.3 is 15.2 Å². The molecule has 4 bridgehead atoms. The minimum Gasteiger partial charge on any atom is -0.387 e. The predicted molar refractivity (Wildman–Crippen MR) is 150 cm³/mol. The molecule has 46 heavy (non-hydrogen) atoms. The Morgan fingerprint density at radius 1 is 0.696 bits per heavy atom. The zero-order valence-electron chi connectivity index (χ0n) is 23.4. The molecule has 0 saturated carbocycles. The highest BCUT2D eigenvalue weighted by Gasteiger charge is 2.50. The Labute approximate surface area is 257 Å².